The Kier molecular flexibility index (Phi) is 3.89. The van der Waals surface area contributed by atoms with Crippen LogP contribution in [0.1, 0.15) is 48.5 Å². The molecule has 0 aromatic carbocycles. The number of nitrogens with zero attached hydrogens (tertiary/aromatic N) is 4. The summed E-state index contributed by atoms with van der Waals surface area (Å²) in [6.45, 7) is 3.91. The zero-order valence-electron chi connectivity index (χ0n) is 11.2. The lowest BCUT2D eigenvalue weighted by Crippen LogP contribution is -2.23. The number of aryl methyl sites for hydroxylation is 1. The highest BCUT2D eigenvalue weighted by atomic mass is 32.1. The van der Waals surface area contributed by atoms with E-state index in [1.54, 1.807) is 0 Å². The van der Waals surface area contributed by atoms with Crippen LogP contribution in [0.3, 0.4) is 0 Å². The van der Waals surface area contributed by atoms with Gasteiger partial charge in [0.2, 0.25) is 0 Å². The molecule has 102 valence electrons. The quantitative estimate of drug-likeness (QED) is 0.851. The third kappa shape index (κ3) is 2.55. The van der Waals surface area contributed by atoms with Gasteiger partial charge < -0.3 is 5.32 Å². The van der Waals surface area contributed by atoms with E-state index in [9.17, 15) is 0 Å². The zero-order valence-corrected chi connectivity index (χ0v) is 12.0. The van der Waals surface area contributed by atoms with Gasteiger partial charge in [0.05, 0.1) is 12.6 Å². The number of hydrogen-bond donors (Lipinski definition) is 1. The van der Waals surface area contributed by atoms with Crippen LogP contribution < -0.4 is 5.32 Å². The van der Waals surface area contributed by atoms with Crippen molar-refractivity contribution in [2.24, 2.45) is 0 Å². The predicted octanol–water partition coefficient (Wildman–Crippen LogP) is 2.16. The van der Waals surface area contributed by atoms with Crippen LogP contribution in [0.2, 0.25) is 0 Å². The van der Waals surface area contributed by atoms with E-state index in [2.05, 4.69) is 39.2 Å². The molecule has 1 N–H and O–H groups in total. The third-order valence-corrected chi connectivity index (χ3v) is 4.58. The maximum absolute atomic E-state index is 4.22. The van der Waals surface area contributed by atoms with Gasteiger partial charge in [-0.05, 0) is 59.7 Å². The lowest BCUT2D eigenvalue weighted by molar-refractivity contribution is 0.425. The molecule has 0 bridgehead atoms. The molecule has 0 saturated carbocycles. The SMILES string of the molecule is CCCNCc1nnnn1C1CCCc2sccc21. The molecule has 0 radical (unpaired) electrons. The van der Waals surface area contributed by atoms with Crippen molar-refractivity contribution in [1.29, 1.82) is 0 Å². The first-order chi connectivity index (χ1) is 9.40. The summed E-state index contributed by atoms with van der Waals surface area (Å²) in [4.78, 5) is 1.50. The van der Waals surface area contributed by atoms with Gasteiger partial charge >= 0.3 is 0 Å². The highest BCUT2D eigenvalue weighted by Crippen LogP contribution is 2.35. The number of tetrazole rings is 1. The summed E-state index contributed by atoms with van der Waals surface area (Å²) < 4.78 is 2.01. The number of fused-ring (bicyclic) bond motifs is 1. The van der Waals surface area contributed by atoms with E-state index in [4.69, 9.17) is 0 Å². The smallest absolute Gasteiger partial charge is 0.165 e. The average molecular weight is 277 g/mol. The Bertz CT molecular complexity index is 533. The minimum absolute atomic E-state index is 0.323. The molecule has 2 heterocycles. The molecule has 2 aromatic rings. The number of thiophene rings is 1. The molecule has 2 aromatic heterocycles. The molecule has 0 fully saturated rings. The molecule has 1 atom stereocenters. The minimum Gasteiger partial charge on any atom is -0.310 e. The van der Waals surface area contributed by atoms with Crippen LogP contribution in [0.5, 0.6) is 0 Å². The second-order valence-corrected chi connectivity index (χ2v) is 5.92. The van der Waals surface area contributed by atoms with Gasteiger partial charge in [0.25, 0.3) is 0 Å². The molecule has 1 aliphatic carbocycles. The van der Waals surface area contributed by atoms with Gasteiger partial charge in [-0.1, -0.05) is 6.92 Å². The molecular formula is C13H19N5S. The monoisotopic (exact) mass is 277 g/mol. The van der Waals surface area contributed by atoms with E-state index in [0.29, 0.717) is 6.04 Å². The first-order valence-corrected chi connectivity index (χ1v) is 7.82. The van der Waals surface area contributed by atoms with E-state index in [1.165, 1.54) is 23.3 Å². The summed E-state index contributed by atoms with van der Waals surface area (Å²) in [5.74, 6) is 0.942. The molecule has 0 amide bonds. The summed E-state index contributed by atoms with van der Waals surface area (Å²) in [6.07, 6.45) is 4.68. The number of hydrogen-bond acceptors (Lipinski definition) is 5. The van der Waals surface area contributed by atoms with E-state index < -0.39 is 0 Å². The predicted molar refractivity (Wildman–Crippen MR) is 75.2 cm³/mol. The van der Waals surface area contributed by atoms with Crippen molar-refractivity contribution in [1.82, 2.24) is 25.5 Å². The molecule has 5 nitrogen and oxygen atoms in total. The van der Waals surface area contributed by atoms with Gasteiger partial charge in [-0.3, -0.25) is 0 Å². The molecule has 1 aliphatic rings. The Balaban J connectivity index is 1.82. The van der Waals surface area contributed by atoms with Crippen molar-refractivity contribution in [3.63, 3.8) is 0 Å². The minimum atomic E-state index is 0.323. The topological polar surface area (TPSA) is 55.6 Å². The Labute approximate surface area is 117 Å². The fraction of sp³-hybridized carbons (Fsp3) is 0.615. The maximum atomic E-state index is 4.22. The zero-order chi connectivity index (χ0) is 13.1. The molecule has 3 rings (SSSR count). The lowest BCUT2D eigenvalue weighted by atomic mass is 9.94. The molecule has 0 saturated heterocycles. The van der Waals surface area contributed by atoms with Crippen molar-refractivity contribution in [2.45, 2.75) is 45.2 Å². The molecule has 19 heavy (non-hydrogen) atoms. The van der Waals surface area contributed by atoms with Crippen molar-refractivity contribution in [3.05, 3.63) is 27.7 Å². The van der Waals surface area contributed by atoms with Gasteiger partial charge in [-0.25, -0.2) is 4.68 Å². The second kappa shape index (κ2) is 5.79. The fourth-order valence-electron chi connectivity index (χ4n) is 2.66. The summed E-state index contributed by atoms with van der Waals surface area (Å²) in [7, 11) is 0. The summed E-state index contributed by atoms with van der Waals surface area (Å²) in [5, 5.41) is 17.8. The van der Waals surface area contributed by atoms with Crippen LogP contribution in [0, 0.1) is 0 Å². The Morgan fingerprint density at radius 2 is 2.47 bits per heavy atom. The molecule has 0 spiro atoms. The van der Waals surface area contributed by atoms with E-state index in [1.807, 2.05) is 16.0 Å². The average Bonchev–Trinajstić information content (AvgIpc) is 3.07. The standard InChI is InChI=1S/C13H19N5S/c1-2-7-14-9-13-15-16-17-18(13)11-4-3-5-12-10(11)6-8-19-12/h6,8,11,14H,2-5,7,9H2,1H3. The number of rotatable bonds is 5. The van der Waals surface area contributed by atoms with Gasteiger partial charge in [-0.15, -0.1) is 16.4 Å². The first-order valence-electron chi connectivity index (χ1n) is 6.94. The van der Waals surface area contributed by atoms with E-state index >= 15 is 0 Å². The van der Waals surface area contributed by atoms with Crippen molar-refractivity contribution in [2.75, 3.05) is 6.54 Å². The maximum Gasteiger partial charge on any atom is 0.165 e. The normalized spacial score (nSPS) is 18.5. The lowest BCUT2D eigenvalue weighted by Gasteiger charge is -2.23. The Hall–Kier alpha value is -1.27. The van der Waals surface area contributed by atoms with Crippen molar-refractivity contribution < 1.29 is 0 Å². The second-order valence-electron chi connectivity index (χ2n) is 4.92. The van der Waals surface area contributed by atoms with Gasteiger partial charge in [0.1, 0.15) is 0 Å². The molecule has 0 aliphatic heterocycles. The van der Waals surface area contributed by atoms with Crippen LogP contribution >= 0.6 is 11.3 Å². The number of nitrogens with one attached hydrogen (secondary N) is 1. The number of aromatic nitrogens is 4. The highest BCUT2D eigenvalue weighted by Gasteiger charge is 2.25. The van der Waals surface area contributed by atoms with Gasteiger partial charge in [-0.2, -0.15) is 0 Å². The van der Waals surface area contributed by atoms with Gasteiger partial charge in [0, 0.05) is 4.88 Å². The van der Waals surface area contributed by atoms with Gasteiger partial charge in [0.15, 0.2) is 5.82 Å². The first kappa shape index (κ1) is 12.7. The summed E-state index contributed by atoms with van der Waals surface area (Å²) in [6, 6.07) is 2.55. The molecule has 1 unspecified atom stereocenters. The van der Waals surface area contributed by atoms with Crippen LogP contribution in [-0.4, -0.2) is 26.8 Å². The van der Waals surface area contributed by atoms with E-state index in [-0.39, 0.29) is 0 Å². The Morgan fingerprint density at radius 1 is 1.53 bits per heavy atom. The van der Waals surface area contributed by atoms with Crippen LogP contribution in [-0.2, 0) is 13.0 Å². The van der Waals surface area contributed by atoms with Crippen LogP contribution in [0.4, 0.5) is 0 Å². The largest absolute Gasteiger partial charge is 0.310 e. The highest BCUT2D eigenvalue weighted by molar-refractivity contribution is 7.10. The molecular weight excluding hydrogens is 258 g/mol. The van der Waals surface area contributed by atoms with Crippen molar-refractivity contribution >= 4 is 11.3 Å². The third-order valence-electron chi connectivity index (χ3n) is 3.59. The Morgan fingerprint density at radius 3 is 3.37 bits per heavy atom. The summed E-state index contributed by atoms with van der Waals surface area (Å²) in [5.41, 5.74) is 1.42. The van der Waals surface area contributed by atoms with Crippen LogP contribution in [0.25, 0.3) is 0 Å². The molecule has 6 heteroatoms. The fourth-order valence-corrected chi connectivity index (χ4v) is 3.65. The van der Waals surface area contributed by atoms with E-state index in [0.717, 1.165) is 31.8 Å². The van der Waals surface area contributed by atoms with Crippen LogP contribution in [0.15, 0.2) is 11.4 Å². The van der Waals surface area contributed by atoms with Crippen molar-refractivity contribution in [3.8, 4) is 0 Å². The summed E-state index contributed by atoms with van der Waals surface area (Å²) >= 11 is 1.86.